The molecule has 1 aromatic heterocycles. The number of hydrazone groups is 1. The first-order valence-electron chi connectivity index (χ1n) is 9.39. The highest BCUT2D eigenvalue weighted by atomic mass is 35.5. The van der Waals surface area contributed by atoms with Crippen molar-refractivity contribution < 1.29 is 4.79 Å². The second kappa shape index (κ2) is 8.24. The van der Waals surface area contributed by atoms with Crippen LogP contribution in [0.5, 0.6) is 0 Å². The number of hydrazine groups is 1. The summed E-state index contributed by atoms with van der Waals surface area (Å²) in [6.45, 7) is 8.07. The van der Waals surface area contributed by atoms with Crippen LogP contribution in [0.4, 0.5) is 10.5 Å². The quantitative estimate of drug-likeness (QED) is 0.571. The van der Waals surface area contributed by atoms with Gasteiger partial charge >= 0.3 is 6.03 Å². The molecule has 2 aliphatic heterocycles. The van der Waals surface area contributed by atoms with Crippen molar-refractivity contribution in [2.24, 2.45) is 16.0 Å². The van der Waals surface area contributed by atoms with E-state index in [1.807, 2.05) is 32.0 Å². The Bertz CT molecular complexity index is 928. The van der Waals surface area contributed by atoms with Crippen molar-refractivity contribution in [3.63, 3.8) is 0 Å². The zero-order valence-electron chi connectivity index (χ0n) is 17.5. The van der Waals surface area contributed by atoms with Crippen molar-refractivity contribution in [1.82, 2.24) is 20.4 Å². The smallest absolute Gasteiger partial charge is 0.306 e. The fourth-order valence-corrected chi connectivity index (χ4v) is 3.52. The summed E-state index contributed by atoms with van der Waals surface area (Å²) in [5, 5.41) is 11.1. The molecule has 154 valence electrons. The highest BCUT2D eigenvalue weighted by Gasteiger charge is 2.26. The van der Waals surface area contributed by atoms with Crippen molar-refractivity contribution in [3.05, 3.63) is 46.3 Å². The highest BCUT2D eigenvalue weighted by Crippen LogP contribution is 2.28. The highest BCUT2D eigenvalue weighted by molar-refractivity contribution is 6.29. The maximum atomic E-state index is 12.5. The summed E-state index contributed by atoms with van der Waals surface area (Å²) in [4.78, 5) is 21.3. The van der Waals surface area contributed by atoms with Crippen LogP contribution in [-0.4, -0.2) is 52.8 Å². The van der Waals surface area contributed by atoms with Gasteiger partial charge in [-0.2, -0.15) is 5.10 Å². The summed E-state index contributed by atoms with van der Waals surface area (Å²) in [6.07, 6.45) is 3.88. The second-order valence-corrected chi connectivity index (χ2v) is 7.83. The van der Waals surface area contributed by atoms with Crippen LogP contribution in [0.25, 0.3) is 0 Å². The average molecular weight is 416 g/mol. The van der Waals surface area contributed by atoms with E-state index in [0.717, 1.165) is 22.6 Å². The lowest BCUT2D eigenvalue weighted by molar-refractivity contribution is 0.235. The molecule has 1 aromatic rings. The predicted octanol–water partition coefficient (Wildman–Crippen LogP) is 3.58. The molecular formula is C20H26ClN7O. The Kier molecular flexibility index (Phi) is 5.93. The van der Waals surface area contributed by atoms with E-state index in [1.165, 1.54) is 0 Å². The van der Waals surface area contributed by atoms with Gasteiger partial charge in [0.05, 0.1) is 5.71 Å². The monoisotopic (exact) mass is 415 g/mol. The van der Waals surface area contributed by atoms with Crippen molar-refractivity contribution in [3.8, 4) is 0 Å². The van der Waals surface area contributed by atoms with Crippen LogP contribution in [0.15, 0.2) is 45.5 Å². The number of nitrogens with one attached hydrogen (secondary N) is 2. The van der Waals surface area contributed by atoms with Crippen LogP contribution in [0.1, 0.15) is 26.5 Å². The summed E-state index contributed by atoms with van der Waals surface area (Å²) in [6, 6.07) is 2.94. The molecule has 0 aromatic carbocycles. The van der Waals surface area contributed by atoms with E-state index in [0.29, 0.717) is 16.7 Å². The Labute approximate surface area is 176 Å². The lowest BCUT2D eigenvalue weighted by Crippen LogP contribution is -2.45. The Hall–Kier alpha value is -2.87. The number of hydrogen-bond acceptors (Lipinski definition) is 6. The maximum absolute atomic E-state index is 12.5. The largest absolute Gasteiger partial charge is 0.338 e. The topological polar surface area (TPSA) is 85.2 Å². The molecule has 2 amide bonds. The van der Waals surface area contributed by atoms with E-state index < -0.39 is 6.03 Å². The van der Waals surface area contributed by atoms with Gasteiger partial charge in [-0.25, -0.2) is 20.2 Å². The fourth-order valence-electron chi connectivity index (χ4n) is 3.27. The number of anilines is 1. The Morgan fingerprint density at radius 2 is 2.03 bits per heavy atom. The molecule has 2 aliphatic rings. The molecule has 0 aliphatic carbocycles. The molecule has 1 atom stereocenters. The van der Waals surface area contributed by atoms with Gasteiger partial charge < -0.3 is 5.32 Å². The van der Waals surface area contributed by atoms with Crippen LogP contribution >= 0.6 is 11.6 Å². The molecule has 3 heterocycles. The number of allylic oxidation sites excluding steroid dienone is 2. The molecule has 0 saturated carbocycles. The first-order chi connectivity index (χ1) is 13.6. The Morgan fingerprint density at radius 3 is 2.69 bits per heavy atom. The summed E-state index contributed by atoms with van der Waals surface area (Å²) in [5.41, 5.74) is 7.27. The van der Waals surface area contributed by atoms with E-state index in [-0.39, 0.29) is 12.1 Å². The molecule has 2 N–H and O–H groups in total. The predicted molar refractivity (Wildman–Crippen MR) is 117 cm³/mol. The second-order valence-electron chi connectivity index (χ2n) is 7.44. The standard InChI is InChI=1S/C20H26ClN7O/c1-11(2)15-9-18(24-19-10-16(15)13(4)25-27(19)5)28(6)26-20(29)23-14-7-12(3)22-17(21)8-14/h7-11,19H,1-6H3,(H2,22,23,26,29). The van der Waals surface area contributed by atoms with Crippen LogP contribution in [0.2, 0.25) is 5.15 Å². The number of likely N-dealkylation sites (N-methyl/N-ethyl adjacent to an activating group) is 2. The first-order valence-corrected chi connectivity index (χ1v) is 9.77. The molecule has 0 spiro atoms. The number of amides is 2. The SMILES string of the molecule is CC1=NN(C)C2C=C1C(C(C)C)=CC(N(C)NC(=O)Nc1cc(C)nc(Cl)c1)=N2. The molecule has 0 radical (unpaired) electrons. The Balaban J connectivity index is 1.79. The van der Waals surface area contributed by atoms with Gasteiger partial charge in [0, 0.05) is 31.0 Å². The molecule has 1 unspecified atom stereocenters. The number of pyridine rings is 1. The summed E-state index contributed by atoms with van der Waals surface area (Å²) in [7, 11) is 3.64. The number of halogens is 1. The van der Waals surface area contributed by atoms with E-state index in [9.17, 15) is 4.79 Å². The van der Waals surface area contributed by atoms with Crippen molar-refractivity contribution >= 4 is 34.9 Å². The van der Waals surface area contributed by atoms with Crippen LogP contribution in [-0.2, 0) is 0 Å². The molecule has 3 rings (SSSR count). The van der Waals surface area contributed by atoms with Crippen LogP contribution in [0.3, 0.4) is 0 Å². The molecule has 8 nitrogen and oxygen atoms in total. The summed E-state index contributed by atoms with van der Waals surface area (Å²) >= 11 is 5.96. The lowest BCUT2D eigenvalue weighted by atomic mass is 9.91. The van der Waals surface area contributed by atoms with Gasteiger partial charge in [0.1, 0.15) is 11.0 Å². The number of aliphatic imine (C=N–C) groups is 1. The van der Waals surface area contributed by atoms with E-state index >= 15 is 0 Å². The Morgan fingerprint density at radius 1 is 1.31 bits per heavy atom. The molecule has 9 heteroatoms. The number of hydrogen-bond donors (Lipinski definition) is 2. The number of aromatic nitrogens is 1. The average Bonchev–Trinajstić information content (AvgIpc) is 2.78. The van der Waals surface area contributed by atoms with Crippen LogP contribution < -0.4 is 10.7 Å². The van der Waals surface area contributed by atoms with Gasteiger partial charge in [0.15, 0.2) is 6.17 Å². The number of carbonyl (C=O) groups excluding carboxylic acids is 1. The minimum absolute atomic E-state index is 0.231. The minimum atomic E-state index is -0.402. The number of carbonyl (C=O) groups is 1. The summed E-state index contributed by atoms with van der Waals surface area (Å²) < 4.78 is 0. The number of amidine groups is 1. The minimum Gasteiger partial charge on any atom is -0.306 e. The number of fused-ring (bicyclic) bond motifs is 1. The summed E-state index contributed by atoms with van der Waals surface area (Å²) in [5.74, 6) is 0.920. The van der Waals surface area contributed by atoms with Gasteiger partial charge in [-0.3, -0.25) is 10.0 Å². The van der Waals surface area contributed by atoms with Gasteiger partial charge in [-0.05, 0) is 49.6 Å². The number of rotatable bonds is 2. The number of nitrogens with zero attached hydrogens (tertiary/aromatic N) is 5. The van der Waals surface area contributed by atoms with Gasteiger partial charge in [0.25, 0.3) is 0 Å². The molecule has 0 saturated heterocycles. The van der Waals surface area contributed by atoms with E-state index in [1.54, 1.807) is 24.2 Å². The van der Waals surface area contributed by atoms with Gasteiger partial charge in [-0.15, -0.1) is 0 Å². The maximum Gasteiger partial charge on any atom is 0.338 e. The van der Waals surface area contributed by atoms with Crippen molar-refractivity contribution in [2.45, 2.75) is 33.9 Å². The third-order valence-corrected chi connectivity index (χ3v) is 4.86. The number of urea groups is 1. The molecular weight excluding hydrogens is 390 g/mol. The molecule has 2 bridgehead atoms. The third kappa shape index (κ3) is 4.76. The fraction of sp³-hybridized carbons (Fsp3) is 0.400. The third-order valence-electron chi connectivity index (χ3n) is 4.67. The van der Waals surface area contributed by atoms with Gasteiger partial charge in [-0.1, -0.05) is 25.4 Å². The lowest BCUT2D eigenvalue weighted by Gasteiger charge is -2.27. The molecule has 29 heavy (non-hydrogen) atoms. The van der Waals surface area contributed by atoms with Gasteiger partial charge in [0.2, 0.25) is 0 Å². The van der Waals surface area contributed by atoms with E-state index in [4.69, 9.17) is 16.6 Å². The normalized spacial score (nSPS) is 18.3. The first kappa shape index (κ1) is 20.9. The molecule has 0 fully saturated rings. The van der Waals surface area contributed by atoms with Crippen molar-refractivity contribution in [1.29, 1.82) is 0 Å². The van der Waals surface area contributed by atoms with E-state index in [2.05, 4.69) is 40.8 Å². The van der Waals surface area contributed by atoms with Crippen LogP contribution in [0, 0.1) is 12.8 Å². The number of aryl methyl sites for hydroxylation is 1. The van der Waals surface area contributed by atoms with Crippen molar-refractivity contribution in [2.75, 3.05) is 19.4 Å². The zero-order chi connectivity index (χ0) is 21.3. The zero-order valence-corrected chi connectivity index (χ0v) is 18.2.